The van der Waals surface area contributed by atoms with Crippen LogP contribution in [-0.4, -0.2) is 20.5 Å². The van der Waals surface area contributed by atoms with Crippen molar-refractivity contribution in [1.82, 2.24) is 14.8 Å². The van der Waals surface area contributed by atoms with Crippen LogP contribution in [0.2, 0.25) is 0 Å². The zero-order chi connectivity index (χ0) is 23.5. The number of nitrogens with zero attached hydrogens (tertiary/aromatic N) is 3. The second-order valence-electron chi connectivity index (χ2n) is 8.08. The van der Waals surface area contributed by atoms with Gasteiger partial charge in [-0.05, 0) is 31.6 Å². The summed E-state index contributed by atoms with van der Waals surface area (Å²) >= 11 is 1.36. The average Bonchev–Trinajstić information content (AvgIpc) is 3.49. The summed E-state index contributed by atoms with van der Waals surface area (Å²) in [5.41, 5.74) is 6.75. The molecule has 5 heteroatoms. The van der Waals surface area contributed by atoms with Crippen molar-refractivity contribution in [3.05, 3.63) is 119 Å². The van der Waals surface area contributed by atoms with E-state index >= 15 is 0 Å². The van der Waals surface area contributed by atoms with Gasteiger partial charge in [-0.15, -0.1) is 0 Å². The fraction of sp³-hybridized carbons (Fsp3) is 0.0690. The van der Waals surface area contributed by atoms with Crippen LogP contribution in [0.5, 0.6) is 0 Å². The van der Waals surface area contributed by atoms with E-state index < -0.39 is 0 Å². The molecule has 3 aromatic carbocycles. The Hall–Kier alpha value is -4.09. The first-order valence-corrected chi connectivity index (χ1v) is 11.9. The summed E-state index contributed by atoms with van der Waals surface area (Å²) in [4.78, 5) is 18.3. The molecule has 5 rings (SSSR count). The number of ketones is 1. The minimum absolute atomic E-state index is 0.0569. The highest BCUT2D eigenvalue weighted by molar-refractivity contribution is 7.16. The summed E-state index contributed by atoms with van der Waals surface area (Å²) in [6.45, 7) is 3.92. The molecule has 2 heterocycles. The minimum Gasteiger partial charge on any atom is -0.288 e. The standard InChI is InChI=1S/C29H23N3OS/c1-20-13-15-22(16-14-20)17-18-27(33)28-21(2)30-29(34-28)32-26(24-11-7-4-8-12-24)19-25(31-32)23-9-5-3-6-10-23/h3-19H,1-2H3/b18-17+. The van der Waals surface area contributed by atoms with Crippen LogP contribution >= 0.6 is 11.3 Å². The molecule has 166 valence electrons. The molecule has 0 N–H and O–H groups in total. The molecular formula is C29H23N3OS. The molecule has 0 radical (unpaired) electrons. The van der Waals surface area contributed by atoms with Gasteiger partial charge in [0.2, 0.25) is 5.13 Å². The zero-order valence-corrected chi connectivity index (χ0v) is 19.8. The third-order valence-corrected chi connectivity index (χ3v) is 6.69. The zero-order valence-electron chi connectivity index (χ0n) is 19.0. The molecule has 4 nitrogen and oxygen atoms in total. The summed E-state index contributed by atoms with van der Waals surface area (Å²) in [7, 11) is 0. The highest BCUT2D eigenvalue weighted by Gasteiger charge is 2.19. The van der Waals surface area contributed by atoms with Crippen LogP contribution in [0.4, 0.5) is 0 Å². The van der Waals surface area contributed by atoms with Gasteiger partial charge in [-0.25, -0.2) is 9.67 Å². The van der Waals surface area contributed by atoms with Crippen molar-refractivity contribution >= 4 is 23.2 Å². The number of benzene rings is 3. The largest absolute Gasteiger partial charge is 0.288 e. The third-order valence-electron chi connectivity index (χ3n) is 5.54. The normalized spacial score (nSPS) is 11.2. The van der Waals surface area contributed by atoms with E-state index in [1.165, 1.54) is 16.9 Å². The molecule has 0 fully saturated rings. The van der Waals surface area contributed by atoms with E-state index in [0.717, 1.165) is 28.1 Å². The van der Waals surface area contributed by atoms with Crippen molar-refractivity contribution in [2.24, 2.45) is 0 Å². The number of carbonyl (C=O) groups is 1. The summed E-state index contributed by atoms with van der Waals surface area (Å²) in [5.74, 6) is -0.0569. The molecule has 0 aliphatic carbocycles. The molecule has 0 aliphatic heterocycles. The van der Waals surface area contributed by atoms with Crippen molar-refractivity contribution in [3.8, 4) is 27.6 Å². The van der Waals surface area contributed by atoms with E-state index in [4.69, 9.17) is 10.1 Å². The van der Waals surface area contributed by atoms with Gasteiger partial charge in [-0.2, -0.15) is 5.10 Å². The predicted octanol–water partition coefficient (Wildman–Crippen LogP) is 7.18. The van der Waals surface area contributed by atoms with Gasteiger partial charge in [0.05, 0.1) is 22.0 Å². The smallest absolute Gasteiger partial charge is 0.211 e. The van der Waals surface area contributed by atoms with E-state index in [0.29, 0.717) is 15.7 Å². The Morgan fingerprint density at radius 1 is 0.853 bits per heavy atom. The van der Waals surface area contributed by atoms with Gasteiger partial charge in [0.25, 0.3) is 0 Å². The first-order chi connectivity index (χ1) is 16.6. The van der Waals surface area contributed by atoms with E-state index in [2.05, 4.69) is 18.2 Å². The van der Waals surface area contributed by atoms with Gasteiger partial charge in [0.15, 0.2) is 5.78 Å². The van der Waals surface area contributed by atoms with Gasteiger partial charge in [0, 0.05) is 11.1 Å². The average molecular weight is 462 g/mol. The van der Waals surface area contributed by atoms with Crippen molar-refractivity contribution in [2.75, 3.05) is 0 Å². The first kappa shape index (κ1) is 21.7. The number of hydrogen-bond donors (Lipinski definition) is 0. The van der Waals surface area contributed by atoms with E-state index in [1.54, 1.807) is 6.08 Å². The lowest BCUT2D eigenvalue weighted by Crippen LogP contribution is -1.98. The quantitative estimate of drug-likeness (QED) is 0.199. The maximum Gasteiger partial charge on any atom is 0.211 e. The Bertz CT molecular complexity index is 1460. The Morgan fingerprint density at radius 3 is 2.18 bits per heavy atom. The van der Waals surface area contributed by atoms with Gasteiger partial charge in [0.1, 0.15) is 0 Å². The predicted molar refractivity (Wildman–Crippen MR) is 139 cm³/mol. The van der Waals surface area contributed by atoms with Gasteiger partial charge >= 0.3 is 0 Å². The number of carbonyl (C=O) groups excluding carboxylic acids is 1. The van der Waals surface area contributed by atoms with E-state index in [1.807, 2.05) is 97.4 Å². The second-order valence-corrected chi connectivity index (χ2v) is 9.06. The van der Waals surface area contributed by atoms with Gasteiger partial charge in [-0.3, -0.25) is 4.79 Å². The molecule has 0 saturated heterocycles. The maximum atomic E-state index is 13.0. The minimum atomic E-state index is -0.0569. The van der Waals surface area contributed by atoms with Crippen LogP contribution in [0.25, 0.3) is 33.7 Å². The van der Waals surface area contributed by atoms with E-state index in [9.17, 15) is 4.79 Å². The lowest BCUT2D eigenvalue weighted by atomic mass is 10.1. The number of aryl methyl sites for hydroxylation is 2. The summed E-state index contributed by atoms with van der Waals surface area (Å²) in [5, 5.41) is 5.55. The molecule has 0 amide bonds. The summed E-state index contributed by atoms with van der Waals surface area (Å²) < 4.78 is 1.84. The Morgan fingerprint density at radius 2 is 1.50 bits per heavy atom. The van der Waals surface area contributed by atoms with Gasteiger partial charge in [-0.1, -0.05) is 108 Å². The number of allylic oxidation sites excluding steroid dienone is 1. The molecule has 0 spiro atoms. The summed E-state index contributed by atoms with van der Waals surface area (Å²) in [6, 6.07) is 30.3. The molecule has 0 saturated carbocycles. The fourth-order valence-electron chi connectivity index (χ4n) is 3.72. The van der Waals surface area contributed by atoms with Crippen LogP contribution in [0.3, 0.4) is 0 Å². The van der Waals surface area contributed by atoms with Crippen LogP contribution in [-0.2, 0) is 0 Å². The molecule has 2 aromatic heterocycles. The molecule has 0 atom stereocenters. The van der Waals surface area contributed by atoms with Crippen LogP contribution in [0.1, 0.15) is 26.5 Å². The Kier molecular flexibility index (Phi) is 6.02. The fourth-order valence-corrected chi connectivity index (χ4v) is 4.67. The van der Waals surface area contributed by atoms with Gasteiger partial charge < -0.3 is 0 Å². The van der Waals surface area contributed by atoms with E-state index in [-0.39, 0.29) is 5.78 Å². The molecular weight excluding hydrogens is 438 g/mol. The van der Waals surface area contributed by atoms with Crippen LogP contribution < -0.4 is 0 Å². The highest BCUT2D eigenvalue weighted by Crippen LogP contribution is 2.31. The topological polar surface area (TPSA) is 47.8 Å². The highest BCUT2D eigenvalue weighted by atomic mass is 32.1. The van der Waals surface area contributed by atoms with Crippen molar-refractivity contribution < 1.29 is 4.79 Å². The summed E-state index contributed by atoms with van der Waals surface area (Å²) in [6.07, 6.45) is 3.46. The number of thiazole rings is 1. The lowest BCUT2D eigenvalue weighted by Gasteiger charge is -2.03. The number of rotatable bonds is 6. The van der Waals surface area contributed by atoms with Crippen LogP contribution in [0.15, 0.2) is 97.1 Å². The molecule has 0 unspecified atom stereocenters. The van der Waals surface area contributed by atoms with Crippen molar-refractivity contribution in [3.63, 3.8) is 0 Å². The number of aromatic nitrogens is 3. The second kappa shape index (κ2) is 9.41. The van der Waals surface area contributed by atoms with Crippen LogP contribution in [0, 0.1) is 13.8 Å². The molecule has 0 aliphatic rings. The Labute approximate surface area is 202 Å². The van der Waals surface area contributed by atoms with Crippen molar-refractivity contribution in [2.45, 2.75) is 13.8 Å². The third kappa shape index (κ3) is 4.51. The first-order valence-electron chi connectivity index (χ1n) is 11.1. The lowest BCUT2D eigenvalue weighted by molar-refractivity contribution is 0.105. The molecule has 34 heavy (non-hydrogen) atoms. The number of hydrogen-bond acceptors (Lipinski definition) is 4. The van der Waals surface area contributed by atoms with Crippen molar-refractivity contribution in [1.29, 1.82) is 0 Å². The molecule has 5 aromatic rings. The SMILES string of the molecule is Cc1ccc(/C=C/C(=O)c2sc(-n3nc(-c4ccccc4)cc3-c3ccccc3)nc2C)cc1. The monoisotopic (exact) mass is 461 g/mol. The maximum absolute atomic E-state index is 13.0. The molecule has 0 bridgehead atoms. The Balaban J connectivity index is 1.53.